The first-order valence-electron chi connectivity index (χ1n) is 7.79. The van der Waals surface area contributed by atoms with Gasteiger partial charge in [-0.1, -0.05) is 12.8 Å². The van der Waals surface area contributed by atoms with Crippen molar-refractivity contribution in [3.8, 4) is 0 Å². The number of nitrogens with zero attached hydrogens (tertiary/aromatic N) is 1. The molecule has 118 valence electrons. The van der Waals surface area contributed by atoms with Crippen LogP contribution in [0.3, 0.4) is 0 Å². The molecule has 0 aliphatic heterocycles. The Morgan fingerprint density at radius 2 is 2.18 bits per heavy atom. The molecule has 2 heterocycles. The third kappa shape index (κ3) is 2.95. The molecule has 2 aromatic heterocycles. The van der Waals surface area contributed by atoms with E-state index in [1.807, 2.05) is 18.3 Å². The minimum absolute atomic E-state index is 0.106. The normalized spacial score (nSPS) is 18.3. The molecule has 1 fully saturated rings. The number of carbonyl (C=O) groups excluding carboxylic acids is 1. The SMILES string of the molecule is CC(O)(CNC(=O)c1cccn1C1CCCC1)c1ccco1. The van der Waals surface area contributed by atoms with Gasteiger partial charge in [-0.25, -0.2) is 0 Å². The molecular weight excluding hydrogens is 280 g/mol. The molecule has 0 aromatic carbocycles. The molecule has 1 aliphatic rings. The van der Waals surface area contributed by atoms with Crippen molar-refractivity contribution < 1.29 is 14.3 Å². The van der Waals surface area contributed by atoms with Crippen LogP contribution in [0.2, 0.25) is 0 Å². The smallest absolute Gasteiger partial charge is 0.268 e. The van der Waals surface area contributed by atoms with Crippen molar-refractivity contribution in [2.24, 2.45) is 0 Å². The highest BCUT2D eigenvalue weighted by molar-refractivity contribution is 5.92. The molecule has 2 aromatic rings. The van der Waals surface area contributed by atoms with E-state index >= 15 is 0 Å². The second-order valence-corrected chi connectivity index (χ2v) is 6.17. The summed E-state index contributed by atoms with van der Waals surface area (Å²) < 4.78 is 7.28. The van der Waals surface area contributed by atoms with E-state index in [0.717, 1.165) is 12.8 Å². The molecule has 2 N–H and O–H groups in total. The van der Waals surface area contributed by atoms with Crippen LogP contribution >= 0.6 is 0 Å². The maximum atomic E-state index is 12.4. The Hall–Kier alpha value is -2.01. The predicted octanol–water partition coefficient (Wildman–Crippen LogP) is 2.83. The molecule has 5 nitrogen and oxygen atoms in total. The van der Waals surface area contributed by atoms with Crippen LogP contribution < -0.4 is 5.32 Å². The summed E-state index contributed by atoms with van der Waals surface area (Å²) in [7, 11) is 0. The van der Waals surface area contributed by atoms with Gasteiger partial charge in [0.1, 0.15) is 17.1 Å². The lowest BCUT2D eigenvalue weighted by Gasteiger charge is -2.22. The lowest BCUT2D eigenvalue weighted by Crippen LogP contribution is -2.39. The van der Waals surface area contributed by atoms with Gasteiger partial charge < -0.3 is 19.4 Å². The van der Waals surface area contributed by atoms with Crippen molar-refractivity contribution in [3.05, 3.63) is 48.2 Å². The fraction of sp³-hybridized carbons (Fsp3) is 0.471. The number of amides is 1. The fourth-order valence-corrected chi connectivity index (χ4v) is 3.10. The predicted molar refractivity (Wildman–Crippen MR) is 82.5 cm³/mol. The van der Waals surface area contributed by atoms with Crippen molar-refractivity contribution in [3.63, 3.8) is 0 Å². The van der Waals surface area contributed by atoms with Gasteiger partial charge in [0.05, 0.1) is 12.8 Å². The number of furan rings is 1. The third-order valence-corrected chi connectivity index (χ3v) is 4.37. The highest BCUT2D eigenvalue weighted by atomic mass is 16.4. The molecule has 1 unspecified atom stereocenters. The Morgan fingerprint density at radius 1 is 1.41 bits per heavy atom. The van der Waals surface area contributed by atoms with E-state index in [4.69, 9.17) is 4.42 Å². The molecule has 22 heavy (non-hydrogen) atoms. The zero-order valence-electron chi connectivity index (χ0n) is 12.8. The molecular formula is C17H22N2O3. The summed E-state index contributed by atoms with van der Waals surface area (Å²) in [6.45, 7) is 1.73. The summed E-state index contributed by atoms with van der Waals surface area (Å²) in [5.74, 6) is 0.280. The summed E-state index contributed by atoms with van der Waals surface area (Å²) in [6, 6.07) is 7.57. The lowest BCUT2D eigenvalue weighted by atomic mass is 10.0. The van der Waals surface area contributed by atoms with Crippen LogP contribution in [-0.2, 0) is 5.60 Å². The van der Waals surface area contributed by atoms with Gasteiger partial charge >= 0.3 is 0 Å². The van der Waals surface area contributed by atoms with Crippen molar-refractivity contribution in [2.45, 2.75) is 44.2 Å². The molecule has 1 amide bonds. The minimum Gasteiger partial charge on any atom is -0.466 e. The molecule has 3 rings (SSSR count). The Kier molecular flexibility index (Phi) is 4.07. The van der Waals surface area contributed by atoms with Crippen LogP contribution in [0.25, 0.3) is 0 Å². The highest BCUT2D eigenvalue weighted by Crippen LogP contribution is 2.30. The van der Waals surface area contributed by atoms with Crippen molar-refractivity contribution in [2.75, 3.05) is 6.54 Å². The second-order valence-electron chi connectivity index (χ2n) is 6.17. The molecule has 0 saturated heterocycles. The van der Waals surface area contributed by atoms with Gasteiger partial charge in [0.15, 0.2) is 0 Å². The van der Waals surface area contributed by atoms with Gasteiger partial charge in [0.25, 0.3) is 5.91 Å². The largest absolute Gasteiger partial charge is 0.466 e. The number of hydrogen-bond acceptors (Lipinski definition) is 3. The van der Waals surface area contributed by atoms with Crippen molar-refractivity contribution in [1.29, 1.82) is 0 Å². The van der Waals surface area contributed by atoms with Gasteiger partial charge in [-0.15, -0.1) is 0 Å². The van der Waals surface area contributed by atoms with Gasteiger partial charge in [-0.3, -0.25) is 4.79 Å². The fourth-order valence-electron chi connectivity index (χ4n) is 3.10. The maximum absolute atomic E-state index is 12.4. The standard InChI is InChI=1S/C17H22N2O3/c1-17(21,15-9-5-11-22-15)12-18-16(20)14-8-4-10-19(14)13-6-2-3-7-13/h4-5,8-11,13,21H,2-3,6-7,12H2,1H3,(H,18,20). The van der Waals surface area contributed by atoms with E-state index in [1.54, 1.807) is 19.1 Å². The second kappa shape index (κ2) is 6.01. The van der Waals surface area contributed by atoms with Crippen LogP contribution in [0.5, 0.6) is 0 Å². The number of aliphatic hydroxyl groups is 1. The average Bonchev–Trinajstić information content (AvgIpc) is 3.26. The summed E-state index contributed by atoms with van der Waals surface area (Å²) >= 11 is 0. The van der Waals surface area contributed by atoms with E-state index < -0.39 is 5.60 Å². The number of rotatable bonds is 5. The van der Waals surface area contributed by atoms with Crippen LogP contribution in [0.15, 0.2) is 41.1 Å². The quantitative estimate of drug-likeness (QED) is 0.892. The number of nitrogens with one attached hydrogen (secondary N) is 1. The van der Waals surface area contributed by atoms with E-state index in [-0.39, 0.29) is 12.5 Å². The number of carbonyl (C=O) groups is 1. The van der Waals surface area contributed by atoms with Gasteiger partial charge in [-0.05, 0) is 44.0 Å². The monoisotopic (exact) mass is 302 g/mol. The van der Waals surface area contributed by atoms with E-state index in [9.17, 15) is 9.90 Å². The van der Waals surface area contributed by atoms with E-state index in [0.29, 0.717) is 17.5 Å². The van der Waals surface area contributed by atoms with E-state index in [2.05, 4.69) is 9.88 Å². The highest BCUT2D eigenvalue weighted by Gasteiger charge is 2.28. The molecule has 5 heteroatoms. The topological polar surface area (TPSA) is 67.4 Å². The lowest BCUT2D eigenvalue weighted by molar-refractivity contribution is 0.0328. The summed E-state index contributed by atoms with van der Waals surface area (Å²) in [4.78, 5) is 12.4. The molecule has 1 aliphatic carbocycles. The van der Waals surface area contributed by atoms with E-state index in [1.165, 1.54) is 19.1 Å². The summed E-state index contributed by atoms with van der Waals surface area (Å²) in [5, 5.41) is 13.2. The van der Waals surface area contributed by atoms with Crippen LogP contribution in [0.1, 0.15) is 54.9 Å². The van der Waals surface area contributed by atoms with Crippen molar-refractivity contribution >= 4 is 5.91 Å². The Labute approximate surface area is 129 Å². The zero-order chi connectivity index (χ0) is 15.6. The molecule has 0 bridgehead atoms. The van der Waals surface area contributed by atoms with Crippen LogP contribution in [-0.4, -0.2) is 22.1 Å². The average molecular weight is 302 g/mol. The third-order valence-electron chi connectivity index (χ3n) is 4.37. The van der Waals surface area contributed by atoms with Gasteiger partial charge in [0.2, 0.25) is 0 Å². The molecule has 1 atom stereocenters. The summed E-state index contributed by atoms with van der Waals surface area (Å²) in [5.41, 5.74) is -0.564. The Balaban J connectivity index is 1.66. The number of hydrogen-bond donors (Lipinski definition) is 2. The van der Waals surface area contributed by atoms with Crippen molar-refractivity contribution in [1.82, 2.24) is 9.88 Å². The van der Waals surface area contributed by atoms with Crippen LogP contribution in [0, 0.1) is 0 Å². The first-order chi connectivity index (χ1) is 10.6. The zero-order valence-corrected chi connectivity index (χ0v) is 12.8. The maximum Gasteiger partial charge on any atom is 0.268 e. The molecule has 0 radical (unpaired) electrons. The minimum atomic E-state index is -1.22. The molecule has 1 saturated carbocycles. The molecule has 0 spiro atoms. The number of aromatic nitrogens is 1. The summed E-state index contributed by atoms with van der Waals surface area (Å²) in [6.07, 6.45) is 8.17. The van der Waals surface area contributed by atoms with Crippen LogP contribution in [0.4, 0.5) is 0 Å². The Bertz CT molecular complexity index is 622. The van der Waals surface area contributed by atoms with Gasteiger partial charge in [-0.2, -0.15) is 0 Å². The first-order valence-corrected chi connectivity index (χ1v) is 7.79. The first kappa shape index (κ1) is 14.9. The van der Waals surface area contributed by atoms with Gasteiger partial charge in [0, 0.05) is 12.2 Å². The Morgan fingerprint density at radius 3 is 2.86 bits per heavy atom.